The molecule has 2 nitrogen and oxygen atoms in total. The van der Waals surface area contributed by atoms with E-state index in [-0.39, 0.29) is 0 Å². The van der Waals surface area contributed by atoms with E-state index in [9.17, 15) is 0 Å². The Morgan fingerprint density at radius 2 is 1.72 bits per heavy atom. The van der Waals surface area contributed by atoms with Crippen molar-refractivity contribution in [2.75, 3.05) is 13.1 Å². The molecule has 1 heterocycles. The van der Waals surface area contributed by atoms with Gasteiger partial charge in [0.1, 0.15) is 0 Å². The SMILES string of the molecule is CCC(CC)N1CC(C)(CC)NCC12CCCC2. The summed E-state index contributed by atoms with van der Waals surface area (Å²) in [6.45, 7) is 11.9. The van der Waals surface area contributed by atoms with Crippen LogP contribution in [0, 0.1) is 0 Å². The summed E-state index contributed by atoms with van der Waals surface area (Å²) >= 11 is 0. The second kappa shape index (κ2) is 5.50. The lowest BCUT2D eigenvalue weighted by Crippen LogP contribution is -2.70. The molecule has 0 aromatic carbocycles. The molecule has 2 fully saturated rings. The molecular weight excluding hydrogens is 220 g/mol. The summed E-state index contributed by atoms with van der Waals surface area (Å²) in [6.07, 6.45) is 9.53. The van der Waals surface area contributed by atoms with E-state index in [1.165, 1.54) is 58.0 Å². The van der Waals surface area contributed by atoms with Crippen LogP contribution >= 0.6 is 0 Å². The highest BCUT2D eigenvalue weighted by atomic mass is 15.3. The average molecular weight is 252 g/mol. The molecule has 0 radical (unpaired) electrons. The van der Waals surface area contributed by atoms with Crippen molar-refractivity contribution in [2.24, 2.45) is 0 Å². The monoisotopic (exact) mass is 252 g/mol. The molecule has 1 aliphatic carbocycles. The van der Waals surface area contributed by atoms with Crippen molar-refractivity contribution >= 4 is 0 Å². The first-order valence-electron chi connectivity index (χ1n) is 8.11. The number of rotatable bonds is 4. The van der Waals surface area contributed by atoms with Gasteiger partial charge in [0, 0.05) is 30.2 Å². The van der Waals surface area contributed by atoms with Crippen LogP contribution in [0.3, 0.4) is 0 Å². The normalized spacial score (nSPS) is 32.5. The second-order valence-corrected chi connectivity index (χ2v) is 6.80. The van der Waals surface area contributed by atoms with E-state index in [1.54, 1.807) is 0 Å². The summed E-state index contributed by atoms with van der Waals surface area (Å²) in [5, 5.41) is 3.87. The zero-order valence-corrected chi connectivity index (χ0v) is 12.9. The molecule has 106 valence electrons. The van der Waals surface area contributed by atoms with E-state index in [1.807, 2.05) is 0 Å². The summed E-state index contributed by atoms with van der Waals surface area (Å²) in [5.74, 6) is 0. The lowest BCUT2D eigenvalue weighted by atomic mass is 9.83. The largest absolute Gasteiger partial charge is 0.308 e. The van der Waals surface area contributed by atoms with Gasteiger partial charge in [-0.2, -0.15) is 0 Å². The van der Waals surface area contributed by atoms with Gasteiger partial charge in [-0.15, -0.1) is 0 Å². The summed E-state index contributed by atoms with van der Waals surface area (Å²) in [4.78, 5) is 2.90. The first-order valence-corrected chi connectivity index (χ1v) is 8.11. The summed E-state index contributed by atoms with van der Waals surface area (Å²) in [5.41, 5.74) is 0.821. The van der Waals surface area contributed by atoms with Crippen LogP contribution in [-0.2, 0) is 0 Å². The Balaban J connectivity index is 2.20. The second-order valence-electron chi connectivity index (χ2n) is 6.80. The van der Waals surface area contributed by atoms with Crippen molar-refractivity contribution in [3.63, 3.8) is 0 Å². The van der Waals surface area contributed by atoms with Crippen molar-refractivity contribution in [1.29, 1.82) is 0 Å². The predicted molar refractivity (Wildman–Crippen MR) is 79.0 cm³/mol. The zero-order valence-electron chi connectivity index (χ0n) is 12.9. The number of nitrogens with zero attached hydrogens (tertiary/aromatic N) is 1. The van der Waals surface area contributed by atoms with Crippen LogP contribution in [0.15, 0.2) is 0 Å². The number of hydrogen-bond donors (Lipinski definition) is 1. The highest BCUT2D eigenvalue weighted by Gasteiger charge is 2.48. The molecule has 1 atom stereocenters. The van der Waals surface area contributed by atoms with Crippen LogP contribution in [0.4, 0.5) is 0 Å². The third kappa shape index (κ3) is 2.46. The summed E-state index contributed by atoms with van der Waals surface area (Å²) in [7, 11) is 0. The number of hydrogen-bond acceptors (Lipinski definition) is 2. The Morgan fingerprint density at radius 3 is 2.22 bits per heavy atom. The van der Waals surface area contributed by atoms with E-state index in [0.717, 1.165) is 6.04 Å². The van der Waals surface area contributed by atoms with Gasteiger partial charge in [0.25, 0.3) is 0 Å². The van der Waals surface area contributed by atoms with Gasteiger partial charge >= 0.3 is 0 Å². The van der Waals surface area contributed by atoms with Gasteiger partial charge in [0.2, 0.25) is 0 Å². The van der Waals surface area contributed by atoms with Crippen LogP contribution < -0.4 is 5.32 Å². The average Bonchev–Trinajstić information content (AvgIpc) is 2.85. The van der Waals surface area contributed by atoms with Gasteiger partial charge < -0.3 is 5.32 Å². The van der Waals surface area contributed by atoms with Crippen molar-refractivity contribution in [3.05, 3.63) is 0 Å². The molecule has 1 saturated carbocycles. The fourth-order valence-electron chi connectivity index (χ4n) is 4.06. The maximum atomic E-state index is 3.87. The van der Waals surface area contributed by atoms with E-state index in [4.69, 9.17) is 0 Å². The van der Waals surface area contributed by atoms with Gasteiger partial charge in [-0.1, -0.05) is 33.6 Å². The van der Waals surface area contributed by atoms with Gasteiger partial charge in [0.05, 0.1) is 0 Å². The molecule has 0 aromatic heterocycles. The molecule has 0 amide bonds. The Hall–Kier alpha value is -0.0800. The van der Waals surface area contributed by atoms with Gasteiger partial charge in [0.15, 0.2) is 0 Å². The first kappa shape index (κ1) is 14.3. The Labute approximate surface area is 114 Å². The van der Waals surface area contributed by atoms with E-state index in [0.29, 0.717) is 11.1 Å². The topological polar surface area (TPSA) is 15.3 Å². The highest BCUT2D eigenvalue weighted by molar-refractivity contribution is 5.07. The minimum Gasteiger partial charge on any atom is -0.308 e. The molecule has 2 rings (SSSR count). The zero-order chi connectivity index (χ0) is 13.2. The summed E-state index contributed by atoms with van der Waals surface area (Å²) in [6, 6.07) is 0.788. The highest BCUT2D eigenvalue weighted by Crippen LogP contribution is 2.41. The Morgan fingerprint density at radius 1 is 1.11 bits per heavy atom. The van der Waals surface area contributed by atoms with Crippen LogP contribution in [0.25, 0.3) is 0 Å². The molecule has 1 saturated heterocycles. The number of piperazine rings is 1. The van der Waals surface area contributed by atoms with E-state index in [2.05, 4.69) is 37.9 Å². The van der Waals surface area contributed by atoms with E-state index >= 15 is 0 Å². The smallest absolute Gasteiger partial charge is 0.0337 e. The van der Waals surface area contributed by atoms with Crippen molar-refractivity contribution in [3.8, 4) is 0 Å². The molecule has 2 heteroatoms. The molecule has 0 aromatic rings. The maximum absolute atomic E-state index is 3.87. The molecule has 2 aliphatic rings. The molecule has 0 bridgehead atoms. The van der Waals surface area contributed by atoms with Gasteiger partial charge in [-0.05, 0) is 39.0 Å². The molecule has 1 aliphatic heterocycles. The molecule has 1 N–H and O–H groups in total. The summed E-state index contributed by atoms with van der Waals surface area (Å²) < 4.78 is 0. The fourth-order valence-corrected chi connectivity index (χ4v) is 4.06. The van der Waals surface area contributed by atoms with Gasteiger partial charge in [-0.25, -0.2) is 0 Å². The standard InChI is InChI=1S/C16H32N2/c1-5-14(6-2)18-13-15(4,7-3)17-12-16(18)10-8-9-11-16/h14,17H,5-13H2,1-4H3. The van der Waals surface area contributed by atoms with Crippen LogP contribution in [-0.4, -0.2) is 35.1 Å². The molecule has 1 unspecified atom stereocenters. The Kier molecular flexibility index (Phi) is 4.38. The third-order valence-corrected chi connectivity index (χ3v) is 5.67. The van der Waals surface area contributed by atoms with E-state index < -0.39 is 0 Å². The maximum Gasteiger partial charge on any atom is 0.0337 e. The minimum absolute atomic E-state index is 0.330. The third-order valence-electron chi connectivity index (χ3n) is 5.67. The molecular formula is C16H32N2. The van der Waals surface area contributed by atoms with Crippen LogP contribution in [0.2, 0.25) is 0 Å². The predicted octanol–water partition coefficient (Wildman–Crippen LogP) is 3.56. The van der Waals surface area contributed by atoms with Crippen molar-refractivity contribution in [2.45, 2.75) is 89.8 Å². The van der Waals surface area contributed by atoms with Crippen molar-refractivity contribution in [1.82, 2.24) is 10.2 Å². The van der Waals surface area contributed by atoms with Gasteiger partial charge in [-0.3, -0.25) is 4.90 Å². The van der Waals surface area contributed by atoms with Crippen LogP contribution in [0.5, 0.6) is 0 Å². The van der Waals surface area contributed by atoms with Crippen molar-refractivity contribution < 1.29 is 0 Å². The lowest BCUT2D eigenvalue weighted by molar-refractivity contribution is -0.0235. The molecule has 1 spiro atoms. The minimum atomic E-state index is 0.330. The number of nitrogens with one attached hydrogen (secondary N) is 1. The quantitative estimate of drug-likeness (QED) is 0.823. The molecule has 18 heavy (non-hydrogen) atoms. The lowest BCUT2D eigenvalue weighted by Gasteiger charge is -2.55. The van der Waals surface area contributed by atoms with Crippen LogP contribution in [0.1, 0.15) is 72.6 Å². The Bertz CT molecular complexity index is 266. The fraction of sp³-hybridized carbons (Fsp3) is 1.00. The first-order chi connectivity index (χ1) is 8.59.